The van der Waals surface area contributed by atoms with Crippen molar-refractivity contribution in [3.63, 3.8) is 0 Å². The van der Waals surface area contributed by atoms with Gasteiger partial charge in [0.05, 0.1) is 5.69 Å². The zero-order valence-electron chi connectivity index (χ0n) is 15.3. The van der Waals surface area contributed by atoms with Crippen LogP contribution in [0.3, 0.4) is 0 Å². The van der Waals surface area contributed by atoms with Crippen LogP contribution < -0.4 is 9.62 Å². The van der Waals surface area contributed by atoms with Crippen molar-refractivity contribution in [2.24, 2.45) is 0 Å². The number of nitrogens with zero attached hydrogens (tertiary/aromatic N) is 1. The van der Waals surface area contributed by atoms with Crippen LogP contribution in [0.2, 0.25) is 5.02 Å². The first-order valence-electron chi connectivity index (χ1n) is 8.46. The van der Waals surface area contributed by atoms with Gasteiger partial charge >= 0.3 is 0 Å². The van der Waals surface area contributed by atoms with E-state index >= 15 is 0 Å². The zero-order chi connectivity index (χ0) is 20.3. The smallest absolute Gasteiger partial charge is 0.287 e. The highest BCUT2D eigenvalue weighted by Gasteiger charge is 2.28. The molecule has 0 unspecified atom stereocenters. The van der Waals surface area contributed by atoms with Crippen LogP contribution in [-0.4, -0.2) is 21.4 Å². The molecule has 0 fully saturated rings. The van der Waals surface area contributed by atoms with E-state index in [-0.39, 0.29) is 23.0 Å². The van der Waals surface area contributed by atoms with Gasteiger partial charge in [-0.3, -0.25) is 9.10 Å². The molecule has 0 spiro atoms. The summed E-state index contributed by atoms with van der Waals surface area (Å²) in [7, 11) is -2.42. The maximum atomic E-state index is 12.9. The fourth-order valence-corrected chi connectivity index (χ4v) is 4.22. The number of aryl methyl sites for hydroxylation is 1. The largest absolute Gasteiger partial charge is 0.455 e. The van der Waals surface area contributed by atoms with Crippen molar-refractivity contribution >= 4 is 33.2 Å². The first-order valence-corrected chi connectivity index (χ1v) is 10.3. The molecule has 0 aliphatic rings. The minimum Gasteiger partial charge on any atom is -0.455 e. The van der Waals surface area contributed by atoms with Gasteiger partial charge in [0.2, 0.25) is 0 Å². The van der Waals surface area contributed by atoms with Crippen molar-refractivity contribution in [2.75, 3.05) is 11.4 Å². The van der Waals surface area contributed by atoms with Crippen LogP contribution in [0.25, 0.3) is 0 Å². The van der Waals surface area contributed by atoms with Gasteiger partial charge < -0.3 is 9.73 Å². The summed E-state index contributed by atoms with van der Waals surface area (Å²) in [6, 6.07) is 17.0. The normalized spacial score (nSPS) is 11.2. The maximum Gasteiger partial charge on any atom is 0.287 e. The summed E-state index contributed by atoms with van der Waals surface area (Å²) in [6.45, 7) is 1.71. The van der Waals surface area contributed by atoms with Crippen molar-refractivity contribution in [1.82, 2.24) is 5.32 Å². The summed E-state index contributed by atoms with van der Waals surface area (Å²) in [6.07, 6.45) is 0. The lowest BCUT2D eigenvalue weighted by Crippen LogP contribution is -2.26. The van der Waals surface area contributed by atoms with E-state index in [0.29, 0.717) is 10.7 Å². The monoisotopic (exact) mass is 418 g/mol. The molecule has 1 aromatic heterocycles. The number of rotatable bonds is 6. The van der Waals surface area contributed by atoms with Crippen LogP contribution in [0.15, 0.2) is 70.0 Å². The van der Waals surface area contributed by atoms with E-state index in [1.807, 2.05) is 6.07 Å². The summed E-state index contributed by atoms with van der Waals surface area (Å²) in [5.41, 5.74) is 1.25. The number of amides is 1. The van der Waals surface area contributed by atoms with E-state index in [0.717, 1.165) is 9.87 Å². The van der Waals surface area contributed by atoms with E-state index in [4.69, 9.17) is 16.0 Å². The Labute approximate surface area is 168 Å². The number of benzene rings is 2. The Balaban J connectivity index is 1.80. The van der Waals surface area contributed by atoms with Crippen LogP contribution in [0.1, 0.15) is 21.9 Å². The Hall–Kier alpha value is -2.77. The Morgan fingerprint density at radius 3 is 2.43 bits per heavy atom. The van der Waals surface area contributed by atoms with Gasteiger partial charge in [-0.05, 0) is 30.7 Å². The summed E-state index contributed by atoms with van der Waals surface area (Å²) >= 11 is 6.08. The van der Waals surface area contributed by atoms with Gasteiger partial charge in [-0.25, -0.2) is 8.42 Å². The molecule has 3 rings (SSSR count). The van der Waals surface area contributed by atoms with Crippen molar-refractivity contribution in [1.29, 1.82) is 0 Å². The third-order valence-corrected chi connectivity index (χ3v) is 6.51. The summed E-state index contributed by atoms with van der Waals surface area (Å²) < 4.78 is 32.4. The fraction of sp³-hybridized carbons (Fsp3) is 0.150. The predicted molar refractivity (Wildman–Crippen MR) is 108 cm³/mol. The molecule has 0 saturated heterocycles. The molecule has 146 valence electrons. The molecule has 0 aliphatic carbocycles. The summed E-state index contributed by atoms with van der Waals surface area (Å²) in [5, 5.41) is 3.22. The first kappa shape index (κ1) is 20.0. The van der Waals surface area contributed by atoms with Gasteiger partial charge in [0.1, 0.15) is 10.7 Å². The highest BCUT2D eigenvalue weighted by atomic mass is 35.5. The number of carbonyl (C=O) groups excluding carboxylic acids is 1. The molecule has 2 aromatic carbocycles. The lowest BCUT2D eigenvalue weighted by Gasteiger charge is -2.18. The number of carbonyl (C=O) groups is 1. The van der Waals surface area contributed by atoms with Crippen LogP contribution in [0, 0.1) is 6.92 Å². The number of hydrogen-bond acceptors (Lipinski definition) is 4. The second kappa shape index (κ2) is 8.08. The highest BCUT2D eigenvalue weighted by Crippen LogP contribution is 2.26. The first-order chi connectivity index (χ1) is 13.3. The fourth-order valence-electron chi connectivity index (χ4n) is 2.66. The third kappa shape index (κ3) is 4.05. The quantitative estimate of drug-likeness (QED) is 0.656. The molecule has 28 heavy (non-hydrogen) atoms. The Morgan fingerprint density at radius 2 is 1.75 bits per heavy atom. The topological polar surface area (TPSA) is 79.6 Å². The highest BCUT2D eigenvalue weighted by molar-refractivity contribution is 7.92. The molecule has 0 atom stereocenters. The molecular formula is C20H19ClN2O4S. The Bertz CT molecular complexity index is 1090. The molecule has 3 aromatic rings. The van der Waals surface area contributed by atoms with E-state index in [1.54, 1.807) is 48.5 Å². The minimum atomic E-state index is -3.87. The van der Waals surface area contributed by atoms with Crippen LogP contribution >= 0.6 is 11.6 Å². The van der Waals surface area contributed by atoms with Crippen LogP contribution in [0.5, 0.6) is 0 Å². The molecule has 0 saturated carbocycles. The SMILES string of the molecule is Cc1oc(C(=O)NCc2ccccc2Cl)cc1S(=O)(=O)N(C)c1ccccc1. The molecule has 0 bridgehead atoms. The lowest BCUT2D eigenvalue weighted by molar-refractivity contribution is 0.0922. The number of nitrogens with one attached hydrogen (secondary N) is 1. The number of para-hydroxylation sites is 1. The predicted octanol–water partition coefficient (Wildman–Crippen LogP) is 4.00. The van der Waals surface area contributed by atoms with Gasteiger partial charge in [0, 0.05) is 24.7 Å². The molecule has 1 heterocycles. The third-order valence-electron chi connectivity index (χ3n) is 4.25. The molecule has 1 N–H and O–H groups in total. The Morgan fingerprint density at radius 1 is 1.11 bits per heavy atom. The average molecular weight is 419 g/mol. The minimum absolute atomic E-state index is 0.0539. The summed E-state index contributed by atoms with van der Waals surface area (Å²) in [4.78, 5) is 12.4. The second-order valence-electron chi connectivity index (χ2n) is 6.11. The van der Waals surface area contributed by atoms with Gasteiger partial charge in [-0.15, -0.1) is 0 Å². The van der Waals surface area contributed by atoms with Gasteiger partial charge in [-0.1, -0.05) is 48.0 Å². The van der Waals surface area contributed by atoms with Gasteiger partial charge in [0.25, 0.3) is 15.9 Å². The number of halogens is 1. The molecule has 6 nitrogen and oxygen atoms in total. The Kier molecular flexibility index (Phi) is 5.76. The second-order valence-corrected chi connectivity index (χ2v) is 8.46. The van der Waals surface area contributed by atoms with Gasteiger partial charge in [0.15, 0.2) is 5.76 Å². The van der Waals surface area contributed by atoms with Crippen molar-refractivity contribution in [2.45, 2.75) is 18.4 Å². The van der Waals surface area contributed by atoms with Crippen LogP contribution in [0.4, 0.5) is 5.69 Å². The molecular weight excluding hydrogens is 400 g/mol. The molecule has 1 amide bonds. The molecule has 8 heteroatoms. The number of anilines is 1. The van der Waals surface area contributed by atoms with Crippen molar-refractivity contribution in [3.05, 3.63) is 82.8 Å². The zero-order valence-corrected chi connectivity index (χ0v) is 16.9. The van der Waals surface area contributed by atoms with Crippen molar-refractivity contribution < 1.29 is 17.6 Å². The van der Waals surface area contributed by atoms with E-state index in [9.17, 15) is 13.2 Å². The number of sulfonamides is 1. The van der Waals surface area contributed by atoms with Crippen molar-refractivity contribution in [3.8, 4) is 0 Å². The van der Waals surface area contributed by atoms with Gasteiger partial charge in [-0.2, -0.15) is 0 Å². The average Bonchev–Trinajstić information content (AvgIpc) is 3.10. The van der Waals surface area contributed by atoms with E-state index in [1.165, 1.54) is 20.0 Å². The van der Waals surface area contributed by atoms with E-state index < -0.39 is 15.9 Å². The molecule has 0 aliphatic heterocycles. The number of furan rings is 1. The number of hydrogen-bond donors (Lipinski definition) is 1. The maximum absolute atomic E-state index is 12.9. The van der Waals surface area contributed by atoms with Crippen LogP contribution in [-0.2, 0) is 16.6 Å². The molecule has 0 radical (unpaired) electrons. The summed E-state index contributed by atoms with van der Waals surface area (Å²) in [5.74, 6) is -0.456. The lowest BCUT2D eigenvalue weighted by atomic mass is 10.2. The standard InChI is InChI=1S/C20H19ClN2O4S/c1-14-19(28(25,26)23(2)16-9-4-3-5-10-16)12-18(27-14)20(24)22-13-15-8-6-7-11-17(15)21/h3-12H,13H2,1-2H3,(H,22,24). The van der Waals surface area contributed by atoms with E-state index in [2.05, 4.69) is 5.32 Å².